The number of carboxylic acids is 1. The Morgan fingerprint density at radius 3 is 2.45 bits per heavy atom. The molecule has 1 aromatic rings. The Balaban J connectivity index is 3.29. The first-order valence-electron chi connectivity index (χ1n) is 5.38. The fraction of sp³-hybridized carbons (Fsp3) is 0.364. The molecule has 0 unspecified atom stereocenters. The van der Waals surface area contributed by atoms with Crippen LogP contribution in [0.1, 0.15) is 24.2 Å². The summed E-state index contributed by atoms with van der Waals surface area (Å²) in [4.78, 5) is 9.93. The lowest BCUT2D eigenvalue weighted by Gasteiger charge is -2.18. The third-order valence-corrected chi connectivity index (χ3v) is 3.84. The summed E-state index contributed by atoms with van der Waals surface area (Å²) in [7, 11) is -4.34. The van der Waals surface area contributed by atoms with Gasteiger partial charge in [-0.15, -0.1) is 0 Å². The van der Waals surface area contributed by atoms with E-state index in [2.05, 4.69) is 0 Å². The van der Waals surface area contributed by atoms with Crippen LogP contribution in [0.2, 0.25) is 5.02 Å². The van der Waals surface area contributed by atoms with Gasteiger partial charge >= 0.3 is 5.97 Å². The molecule has 0 amide bonds. The molecule has 1 rings (SSSR count). The van der Waals surface area contributed by atoms with Crippen LogP contribution in [0.4, 0.5) is 4.39 Å². The average molecular weight is 326 g/mol. The topological polar surface area (TPSA) is 104 Å². The highest BCUT2D eigenvalue weighted by atomic mass is 35.5. The zero-order valence-corrected chi connectivity index (χ0v) is 12.2. The summed E-state index contributed by atoms with van der Waals surface area (Å²) in [5, 5.41) is 18.0. The second-order valence-corrected chi connectivity index (χ2v) is 6.88. The summed E-state index contributed by atoms with van der Waals surface area (Å²) in [6.45, 7) is 2.34. The fourth-order valence-corrected chi connectivity index (χ4v) is 2.87. The van der Waals surface area contributed by atoms with Crippen molar-refractivity contribution in [2.24, 2.45) is 0 Å². The summed E-state index contributed by atoms with van der Waals surface area (Å²) >= 11 is 5.59. The quantitative estimate of drug-likeness (QED) is 0.755. The standard InChI is InChI=1S/C11H13ClFNO5S/c1-11(2,17)5-14-20(18,19)8-4-6(12)3-7(9(8)13)10(15)16/h3-4,14,17H,5H2,1-2H3,(H,15,16). The van der Waals surface area contributed by atoms with Crippen LogP contribution in [-0.4, -0.2) is 36.7 Å². The number of sulfonamides is 1. The number of carbonyl (C=O) groups is 1. The van der Waals surface area contributed by atoms with Gasteiger partial charge in [0.1, 0.15) is 4.90 Å². The molecule has 0 spiro atoms. The molecule has 6 nitrogen and oxygen atoms in total. The lowest BCUT2D eigenvalue weighted by Crippen LogP contribution is -2.38. The summed E-state index contributed by atoms with van der Waals surface area (Å²) in [5.74, 6) is -3.05. The van der Waals surface area contributed by atoms with Gasteiger partial charge in [-0.2, -0.15) is 0 Å². The van der Waals surface area contributed by atoms with Gasteiger partial charge in [0, 0.05) is 11.6 Å². The van der Waals surface area contributed by atoms with Crippen LogP contribution >= 0.6 is 11.6 Å². The van der Waals surface area contributed by atoms with Crippen molar-refractivity contribution in [2.75, 3.05) is 6.54 Å². The van der Waals surface area contributed by atoms with Crippen molar-refractivity contribution in [3.05, 3.63) is 28.5 Å². The second-order valence-electron chi connectivity index (χ2n) is 4.71. The fourth-order valence-electron chi connectivity index (χ4n) is 1.26. The van der Waals surface area contributed by atoms with Crippen LogP contribution in [0.25, 0.3) is 0 Å². The number of nitrogens with one attached hydrogen (secondary N) is 1. The maximum atomic E-state index is 13.9. The van der Waals surface area contributed by atoms with Gasteiger partial charge in [-0.3, -0.25) is 0 Å². The first-order valence-corrected chi connectivity index (χ1v) is 7.24. The van der Waals surface area contributed by atoms with Crippen molar-refractivity contribution in [3.8, 4) is 0 Å². The minimum Gasteiger partial charge on any atom is -0.478 e. The van der Waals surface area contributed by atoms with Crippen LogP contribution in [0, 0.1) is 5.82 Å². The second kappa shape index (κ2) is 5.65. The zero-order valence-electron chi connectivity index (χ0n) is 10.6. The van der Waals surface area contributed by atoms with Gasteiger partial charge in [-0.05, 0) is 26.0 Å². The maximum Gasteiger partial charge on any atom is 0.338 e. The largest absolute Gasteiger partial charge is 0.478 e. The Labute approximate surface area is 120 Å². The van der Waals surface area contributed by atoms with Gasteiger partial charge in [-0.1, -0.05) is 11.6 Å². The number of hydrogen-bond acceptors (Lipinski definition) is 4. The summed E-state index contributed by atoms with van der Waals surface area (Å²) in [6, 6.07) is 1.62. The Kier molecular flexibility index (Phi) is 4.75. The Bertz CT molecular complexity index is 639. The SMILES string of the molecule is CC(C)(O)CNS(=O)(=O)c1cc(Cl)cc(C(=O)O)c1F. The van der Waals surface area contributed by atoms with Crippen LogP contribution < -0.4 is 4.72 Å². The number of benzene rings is 1. The number of aromatic carboxylic acids is 1. The molecule has 0 aliphatic carbocycles. The maximum absolute atomic E-state index is 13.9. The predicted octanol–water partition coefficient (Wildman–Crippen LogP) is 1.23. The zero-order chi connectivity index (χ0) is 15.7. The average Bonchev–Trinajstić information content (AvgIpc) is 2.28. The number of aliphatic hydroxyl groups is 1. The van der Waals surface area contributed by atoms with E-state index in [1.807, 2.05) is 4.72 Å². The van der Waals surface area contributed by atoms with Crippen LogP contribution in [0.5, 0.6) is 0 Å². The Hall–Kier alpha value is -1.22. The van der Waals surface area contributed by atoms with Crippen LogP contribution in [0.15, 0.2) is 17.0 Å². The van der Waals surface area contributed by atoms with E-state index in [0.717, 1.165) is 12.1 Å². The normalized spacial score (nSPS) is 12.4. The van der Waals surface area contributed by atoms with Crippen molar-refractivity contribution >= 4 is 27.6 Å². The Morgan fingerprint density at radius 2 is 2.00 bits per heavy atom. The molecule has 0 fully saturated rings. The molecule has 1 aromatic carbocycles. The first kappa shape index (κ1) is 16.8. The van der Waals surface area contributed by atoms with E-state index >= 15 is 0 Å². The van der Waals surface area contributed by atoms with Crippen molar-refractivity contribution in [1.82, 2.24) is 4.72 Å². The molecular formula is C11H13ClFNO5S. The third-order valence-electron chi connectivity index (χ3n) is 2.22. The van der Waals surface area contributed by atoms with Crippen molar-refractivity contribution in [3.63, 3.8) is 0 Å². The molecule has 0 saturated heterocycles. The molecular weight excluding hydrogens is 313 g/mol. The molecule has 3 N–H and O–H groups in total. The van der Waals surface area contributed by atoms with Crippen molar-refractivity contribution < 1.29 is 27.8 Å². The molecule has 0 saturated carbocycles. The summed E-state index contributed by atoms with van der Waals surface area (Å²) < 4.78 is 39.7. The molecule has 20 heavy (non-hydrogen) atoms. The first-order chi connectivity index (χ1) is 8.94. The van der Waals surface area contributed by atoms with E-state index in [4.69, 9.17) is 16.7 Å². The molecule has 0 aliphatic rings. The van der Waals surface area contributed by atoms with Gasteiger partial charge < -0.3 is 10.2 Å². The van der Waals surface area contributed by atoms with E-state index in [-0.39, 0.29) is 11.6 Å². The van der Waals surface area contributed by atoms with E-state index in [1.54, 1.807) is 0 Å². The van der Waals surface area contributed by atoms with Gasteiger partial charge in [0.15, 0.2) is 5.82 Å². The number of halogens is 2. The van der Waals surface area contributed by atoms with E-state index < -0.39 is 37.9 Å². The summed E-state index contributed by atoms with van der Waals surface area (Å²) in [5.41, 5.74) is -2.20. The van der Waals surface area contributed by atoms with Gasteiger partial charge in [0.25, 0.3) is 0 Å². The van der Waals surface area contributed by atoms with Crippen molar-refractivity contribution in [2.45, 2.75) is 24.3 Å². The van der Waals surface area contributed by atoms with E-state index in [1.165, 1.54) is 13.8 Å². The minimum absolute atomic E-state index is 0.229. The number of carboxylic acid groups (broad SMARTS) is 1. The summed E-state index contributed by atoms with van der Waals surface area (Å²) in [6.07, 6.45) is 0. The highest BCUT2D eigenvalue weighted by Gasteiger charge is 2.26. The highest BCUT2D eigenvalue weighted by molar-refractivity contribution is 7.89. The number of rotatable bonds is 5. The van der Waals surface area contributed by atoms with Crippen molar-refractivity contribution in [1.29, 1.82) is 0 Å². The van der Waals surface area contributed by atoms with Gasteiger partial charge in [0.2, 0.25) is 10.0 Å². The molecule has 9 heteroatoms. The molecule has 0 aromatic heterocycles. The van der Waals surface area contributed by atoms with Crippen LogP contribution in [-0.2, 0) is 10.0 Å². The number of hydrogen-bond donors (Lipinski definition) is 3. The van der Waals surface area contributed by atoms with E-state index in [0.29, 0.717) is 0 Å². The molecule has 0 heterocycles. The molecule has 0 aliphatic heterocycles. The highest BCUT2D eigenvalue weighted by Crippen LogP contribution is 2.24. The van der Waals surface area contributed by atoms with Crippen LogP contribution in [0.3, 0.4) is 0 Å². The predicted molar refractivity (Wildman–Crippen MR) is 69.9 cm³/mol. The molecule has 0 atom stereocenters. The Morgan fingerprint density at radius 1 is 1.45 bits per heavy atom. The molecule has 0 bridgehead atoms. The van der Waals surface area contributed by atoms with Gasteiger partial charge in [-0.25, -0.2) is 22.3 Å². The minimum atomic E-state index is -4.34. The lowest BCUT2D eigenvalue weighted by molar-refractivity contribution is 0.0690. The monoisotopic (exact) mass is 325 g/mol. The molecule has 0 radical (unpaired) electrons. The smallest absolute Gasteiger partial charge is 0.338 e. The lowest BCUT2D eigenvalue weighted by atomic mass is 10.1. The van der Waals surface area contributed by atoms with E-state index in [9.17, 15) is 22.7 Å². The molecule has 112 valence electrons. The van der Waals surface area contributed by atoms with Gasteiger partial charge in [0.05, 0.1) is 11.2 Å². The third kappa shape index (κ3) is 4.14.